The average Bonchev–Trinajstić information content (AvgIpc) is 2.51. The molecule has 0 aromatic heterocycles. The Morgan fingerprint density at radius 1 is 1.30 bits per heavy atom. The Bertz CT molecular complexity index is 493. The van der Waals surface area contributed by atoms with Crippen molar-refractivity contribution in [2.24, 2.45) is 5.92 Å². The third-order valence-corrected chi connectivity index (χ3v) is 4.44. The lowest BCUT2D eigenvalue weighted by Gasteiger charge is -2.42. The molecule has 2 N–H and O–H groups in total. The molecule has 0 unspecified atom stereocenters. The van der Waals surface area contributed by atoms with E-state index < -0.39 is 0 Å². The summed E-state index contributed by atoms with van der Waals surface area (Å²) >= 11 is 0. The van der Waals surface area contributed by atoms with Crippen molar-refractivity contribution >= 4 is 0 Å². The molecular weight excluding hydrogens is 292 g/mol. The molecular formula is C18H30N2O3. The van der Waals surface area contributed by atoms with Gasteiger partial charge >= 0.3 is 0 Å². The van der Waals surface area contributed by atoms with Crippen LogP contribution in [0.3, 0.4) is 0 Å². The Kier molecular flexibility index (Phi) is 6.69. The fraction of sp³-hybridized carbons (Fsp3) is 0.667. The SMILES string of the molecule is COc1ccc(CN2CCN(CC(C)C)[C@@H](CCO)C2)c(O)c1. The van der Waals surface area contributed by atoms with E-state index in [2.05, 4.69) is 23.6 Å². The molecule has 1 atom stereocenters. The van der Waals surface area contributed by atoms with Crippen molar-refractivity contribution in [1.29, 1.82) is 0 Å². The Labute approximate surface area is 139 Å². The van der Waals surface area contributed by atoms with E-state index in [4.69, 9.17) is 4.74 Å². The van der Waals surface area contributed by atoms with Gasteiger partial charge in [-0.15, -0.1) is 0 Å². The van der Waals surface area contributed by atoms with Crippen molar-refractivity contribution in [3.63, 3.8) is 0 Å². The summed E-state index contributed by atoms with van der Waals surface area (Å²) in [5.41, 5.74) is 0.922. The summed E-state index contributed by atoms with van der Waals surface area (Å²) in [6.07, 6.45) is 0.803. The smallest absolute Gasteiger partial charge is 0.123 e. The van der Waals surface area contributed by atoms with Crippen LogP contribution in [-0.4, -0.2) is 66.0 Å². The molecule has 5 heteroatoms. The maximum Gasteiger partial charge on any atom is 0.123 e. The van der Waals surface area contributed by atoms with Crippen molar-refractivity contribution in [3.05, 3.63) is 23.8 Å². The Balaban J connectivity index is 1.99. The van der Waals surface area contributed by atoms with Crippen LogP contribution < -0.4 is 4.74 Å². The van der Waals surface area contributed by atoms with Crippen LogP contribution in [0.2, 0.25) is 0 Å². The van der Waals surface area contributed by atoms with Crippen molar-refractivity contribution < 1.29 is 14.9 Å². The first-order chi connectivity index (χ1) is 11.0. The molecule has 5 nitrogen and oxygen atoms in total. The van der Waals surface area contributed by atoms with E-state index in [9.17, 15) is 10.2 Å². The van der Waals surface area contributed by atoms with E-state index in [1.165, 1.54) is 0 Å². The number of hydrogen-bond acceptors (Lipinski definition) is 5. The first-order valence-electron chi connectivity index (χ1n) is 8.46. The predicted octanol–water partition coefficient (Wildman–Crippen LogP) is 1.93. The van der Waals surface area contributed by atoms with Crippen LogP contribution in [0.1, 0.15) is 25.8 Å². The van der Waals surface area contributed by atoms with Gasteiger partial charge in [0, 0.05) is 57.0 Å². The lowest BCUT2D eigenvalue weighted by atomic mass is 10.0. The molecule has 0 aliphatic carbocycles. The van der Waals surface area contributed by atoms with Crippen LogP contribution in [0.15, 0.2) is 18.2 Å². The van der Waals surface area contributed by atoms with Gasteiger partial charge in [0.25, 0.3) is 0 Å². The van der Waals surface area contributed by atoms with E-state index in [-0.39, 0.29) is 12.4 Å². The third-order valence-electron chi connectivity index (χ3n) is 4.44. The summed E-state index contributed by atoms with van der Waals surface area (Å²) in [5.74, 6) is 1.59. The number of aromatic hydroxyl groups is 1. The molecule has 1 aromatic carbocycles. The van der Waals surface area contributed by atoms with Gasteiger partial charge in [0.05, 0.1) is 7.11 Å². The number of rotatable bonds is 7. The largest absolute Gasteiger partial charge is 0.507 e. The molecule has 1 aliphatic heterocycles. The number of nitrogens with zero attached hydrogens (tertiary/aromatic N) is 2. The molecule has 1 fully saturated rings. The van der Waals surface area contributed by atoms with Crippen molar-refractivity contribution in [3.8, 4) is 11.5 Å². The monoisotopic (exact) mass is 322 g/mol. The molecule has 0 amide bonds. The number of piperazine rings is 1. The van der Waals surface area contributed by atoms with E-state index in [1.807, 2.05) is 12.1 Å². The van der Waals surface area contributed by atoms with Gasteiger partial charge in [-0.1, -0.05) is 19.9 Å². The Morgan fingerprint density at radius 2 is 2.09 bits per heavy atom. The van der Waals surface area contributed by atoms with E-state index in [0.29, 0.717) is 17.7 Å². The van der Waals surface area contributed by atoms with Crippen LogP contribution in [0.5, 0.6) is 11.5 Å². The third kappa shape index (κ3) is 5.09. The van der Waals surface area contributed by atoms with E-state index >= 15 is 0 Å². The number of aliphatic hydroxyl groups is 1. The van der Waals surface area contributed by atoms with Gasteiger partial charge in [0.15, 0.2) is 0 Å². The molecule has 1 aromatic rings. The number of phenols is 1. The highest BCUT2D eigenvalue weighted by Crippen LogP contribution is 2.26. The van der Waals surface area contributed by atoms with E-state index in [0.717, 1.165) is 44.7 Å². The number of benzene rings is 1. The number of methoxy groups -OCH3 is 1. The highest BCUT2D eigenvalue weighted by atomic mass is 16.5. The second-order valence-corrected chi connectivity index (χ2v) is 6.78. The first kappa shape index (κ1) is 18.0. The highest BCUT2D eigenvalue weighted by molar-refractivity contribution is 5.39. The quantitative estimate of drug-likeness (QED) is 0.803. The zero-order valence-corrected chi connectivity index (χ0v) is 14.5. The number of ether oxygens (including phenoxy) is 1. The maximum atomic E-state index is 10.1. The predicted molar refractivity (Wildman–Crippen MR) is 91.8 cm³/mol. The first-order valence-corrected chi connectivity index (χ1v) is 8.46. The van der Waals surface area contributed by atoms with Crippen LogP contribution in [-0.2, 0) is 6.54 Å². The lowest BCUT2D eigenvalue weighted by molar-refractivity contribution is 0.0473. The van der Waals surface area contributed by atoms with Crippen LogP contribution in [0.4, 0.5) is 0 Å². The molecule has 0 bridgehead atoms. The van der Waals surface area contributed by atoms with Gasteiger partial charge in [-0.25, -0.2) is 0 Å². The number of aliphatic hydroxyl groups excluding tert-OH is 1. The molecule has 0 spiro atoms. The van der Waals surface area contributed by atoms with Crippen molar-refractivity contribution in [2.45, 2.75) is 32.9 Å². The summed E-state index contributed by atoms with van der Waals surface area (Å²) < 4.78 is 5.13. The molecule has 23 heavy (non-hydrogen) atoms. The second kappa shape index (κ2) is 8.52. The molecule has 1 saturated heterocycles. The summed E-state index contributed by atoms with van der Waals surface area (Å²) in [4.78, 5) is 4.85. The molecule has 0 radical (unpaired) electrons. The minimum atomic E-state index is 0.223. The standard InChI is InChI=1S/C18H30N2O3/c1-14(2)11-20-8-7-19(13-16(20)6-9-21)12-15-4-5-17(23-3)10-18(15)22/h4-5,10,14,16,21-22H,6-9,11-13H2,1-3H3/t16-/m0/s1. The minimum Gasteiger partial charge on any atom is -0.507 e. The molecule has 130 valence electrons. The summed E-state index contributed by atoms with van der Waals surface area (Å²) in [5, 5.41) is 19.5. The summed E-state index contributed by atoms with van der Waals surface area (Å²) in [7, 11) is 1.60. The van der Waals surface area contributed by atoms with Crippen molar-refractivity contribution in [2.75, 3.05) is 39.9 Å². The second-order valence-electron chi connectivity index (χ2n) is 6.78. The van der Waals surface area contributed by atoms with Crippen LogP contribution in [0.25, 0.3) is 0 Å². The zero-order chi connectivity index (χ0) is 16.8. The maximum absolute atomic E-state index is 10.1. The van der Waals surface area contributed by atoms with Crippen LogP contribution >= 0.6 is 0 Å². The fourth-order valence-electron chi connectivity index (χ4n) is 3.28. The Morgan fingerprint density at radius 3 is 2.70 bits per heavy atom. The normalized spacial score (nSPS) is 20.1. The van der Waals surface area contributed by atoms with Gasteiger partial charge in [-0.3, -0.25) is 9.80 Å². The zero-order valence-electron chi connectivity index (χ0n) is 14.5. The fourth-order valence-corrected chi connectivity index (χ4v) is 3.28. The molecule has 1 aliphatic rings. The lowest BCUT2D eigenvalue weighted by Crippen LogP contribution is -2.53. The molecule has 1 heterocycles. The number of hydrogen-bond donors (Lipinski definition) is 2. The topological polar surface area (TPSA) is 56.2 Å². The van der Waals surface area contributed by atoms with Crippen molar-refractivity contribution in [1.82, 2.24) is 9.80 Å². The number of phenolic OH excluding ortho intramolecular Hbond substituents is 1. The van der Waals surface area contributed by atoms with Gasteiger partial charge in [0.2, 0.25) is 0 Å². The molecule has 0 saturated carbocycles. The Hall–Kier alpha value is -1.30. The van der Waals surface area contributed by atoms with Gasteiger partial charge < -0.3 is 14.9 Å². The average molecular weight is 322 g/mol. The van der Waals surface area contributed by atoms with E-state index in [1.54, 1.807) is 13.2 Å². The summed E-state index contributed by atoms with van der Waals surface area (Å²) in [6, 6.07) is 5.86. The highest BCUT2D eigenvalue weighted by Gasteiger charge is 2.27. The van der Waals surface area contributed by atoms with Gasteiger partial charge in [-0.2, -0.15) is 0 Å². The minimum absolute atomic E-state index is 0.223. The molecule has 2 rings (SSSR count). The van der Waals surface area contributed by atoms with Crippen LogP contribution in [0, 0.1) is 5.92 Å². The van der Waals surface area contributed by atoms with Gasteiger partial charge in [-0.05, 0) is 18.4 Å². The van der Waals surface area contributed by atoms with Gasteiger partial charge in [0.1, 0.15) is 11.5 Å². The summed E-state index contributed by atoms with van der Waals surface area (Å²) in [6.45, 7) is 9.43.